The molecule has 1 aliphatic heterocycles. The molecule has 4 heteroatoms. The first-order chi connectivity index (χ1) is 14.7. The first kappa shape index (κ1) is 19.6. The van der Waals surface area contributed by atoms with Crippen LogP contribution in [-0.2, 0) is 9.53 Å². The molecule has 3 aromatic carbocycles. The van der Waals surface area contributed by atoms with Crippen LogP contribution in [0.2, 0.25) is 0 Å². The highest BCUT2D eigenvalue weighted by Crippen LogP contribution is 2.23. The third-order valence-corrected chi connectivity index (χ3v) is 5.18. The number of hydrogen-bond acceptors (Lipinski definition) is 4. The molecule has 4 nitrogen and oxygen atoms in total. The van der Waals surface area contributed by atoms with E-state index in [0.717, 1.165) is 35.3 Å². The van der Waals surface area contributed by atoms with Gasteiger partial charge in [0.15, 0.2) is 5.70 Å². The fourth-order valence-electron chi connectivity index (χ4n) is 3.50. The molecular formula is C26H24N2O2. The first-order valence-corrected chi connectivity index (χ1v) is 10.2. The summed E-state index contributed by atoms with van der Waals surface area (Å²) in [6, 6.07) is 26.1. The molecule has 4 rings (SSSR count). The summed E-state index contributed by atoms with van der Waals surface area (Å²) in [5.41, 5.74) is 5.42. The average molecular weight is 396 g/mol. The summed E-state index contributed by atoms with van der Waals surface area (Å²) in [5.74, 6) is -0.0874. The van der Waals surface area contributed by atoms with Crippen molar-refractivity contribution in [1.82, 2.24) is 0 Å². The fraction of sp³-hybridized carbons (Fsp3) is 0.154. The Balaban J connectivity index is 1.54. The lowest BCUT2D eigenvalue weighted by molar-refractivity contribution is -0.129. The Morgan fingerprint density at radius 2 is 1.40 bits per heavy atom. The molecule has 0 aromatic heterocycles. The van der Waals surface area contributed by atoms with E-state index in [1.165, 1.54) is 5.69 Å². The van der Waals surface area contributed by atoms with E-state index in [2.05, 4.69) is 48.0 Å². The molecule has 1 heterocycles. The molecule has 0 radical (unpaired) electrons. The maximum absolute atomic E-state index is 12.3. The zero-order valence-corrected chi connectivity index (χ0v) is 17.2. The largest absolute Gasteiger partial charge is 0.402 e. The van der Waals surface area contributed by atoms with Gasteiger partial charge in [-0.3, -0.25) is 0 Å². The van der Waals surface area contributed by atoms with Gasteiger partial charge >= 0.3 is 5.97 Å². The number of nitrogens with zero attached hydrogens (tertiary/aromatic N) is 2. The third kappa shape index (κ3) is 4.18. The topological polar surface area (TPSA) is 41.9 Å². The number of carbonyl (C=O) groups is 1. The summed E-state index contributed by atoms with van der Waals surface area (Å²) in [7, 11) is 0. The van der Waals surface area contributed by atoms with Crippen LogP contribution in [0.5, 0.6) is 0 Å². The zero-order chi connectivity index (χ0) is 20.9. The van der Waals surface area contributed by atoms with Crippen LogP contribution < -0.4 is 4.90 Å². The Bertz CT molecular complexity index is 1080. The summed E-state index contributed by atoms with van der Waals surface area (Å²) in [4.78, 5) is 19.0. The van der Waals surface area contributed by atoms with Crippen LogP contribution in [0, 0.1) is 0 Å². The molecule has 0 amide bonds. The molecule has 0 saturated carbocycles. The van der Waals surface area contributed by atoms with Crippen molar-refractivity contribution in [1.29, 1.82) is 0 Å². The highest BCUT2D eigenvalue weighted by atomic mass is 16.6. The number of hydrogen-bond donors (Lipinski definition) is 0. The van der Waals surface area contributed by atoms with Gasteiger partial charge in [0.05, 0.1) is 0 Å². The summed E-state index contributed by atoms with van der Waals surface area (Å²) in [5, 5.41) is 0. The number of aliphatic imine (C=N–C) groups is 1. The van der Waals surface area contributed by atoms with Gasteiger partial charge in [0.1, 0.15) is 0 Å². The molecule has 1 aliphatic rings. The molecule has 0 aliphatic carbocycles. The van der Waals surface area contributed by atoms with Crippen molar-refractivity contribution in [3.05, 3.63) is 95.7 Å². The minimum absolute atomic E-state index is 0.313. The lowest BCUT2D eigenvalue weighted by Gasteiger charge is -2.20. The monoisotopic (exact) mass is 396 g/mol. The highest BCUT2D eigenvalue weighted by Gasteiger charge is 2.24. The molecule has 30 heavy (non-hydrogen) atoms. The minimum Gasteiger partial charge on any atom is -0.402 e. The van der Waals surface area contributed by atoms with E-state index >= 15 is 0 Å². The molecule has 150 valence electrons. The molecule has 0 saturated heterocycles. The predicted molar refractivity (Wildman–Crippen MR) is 122 cm³/mol. The molecular weight excluding hydrogens is 372 g/mol. The van der Waals surface area contributed by atoms with Gasteiger partial charge < -0.3 is 9.64 Å². The Morgan fingerprint density at radius 3 is 2.03 bits per heavy atom. The van der Waals surface area contributed by atoms with E-state index in [-0.39, 0.29) is 0 Å². The van der Waals surface area contributed by atoms with E-state index in [1.807, 2.05) is 54.6 Å². The van der Waals surface area contributed by atoms with Crippen LogP contribution in [0.25, 0.3) is 17.2 Å². The minimum atomic E-state index is -0.426. The molecule has 3 aromatic rings. The lowest BCUT2D eigenvalue weighted by atomic mass is 10.0. The fourth-order valence-corrected chi connectivity index (χ4v) is 3.50. The number of carbonyl (C=O) groups excluding carboxylic acids is 1. The van der Waals surface area contributed by atoms with Crippen molar-refractivity contribution in [3.63, 3.8) is 0 Å². The van der Waals surface area contributed by atoms with Crippen LogP contribution in [0.15, 0.2) is 89.6 Å². The van der Waals surface area contributed by atoms with E-state index in [9.17, 15) is 4.79 Å². The molecule has 0 bridgehead atoms. The Labute approximate surface area is 177 Å². The van der Waals surface area contributed by atoms with E-state index in [4.69, 9.17) is 4.74 Å². The van der Waals surface area contributed by atoms with Crippen molar-refractivity contribution in [2.75, 3.05) is 18.0 Å². The van der Waals surface area contributed by atoms with Gasteiger partial charge in [-0.15, -0.1) is 0 Å². The second-order valence-corrected chi connectivity index (χ2v) is 7.04. The Kier molecular flexibility index (Phi) is 5.75. The number of cyclic esters (lactones) is 1. The number of benzene rings is 3. The quantitative estimate of drug-likeness (QED) is 0.405. The predicted octanol–water partition coefficient (Wildman–Crippen LogP) is 5.54. The van der Waals surface area contributed by atoms with Crippen LogP contribution in [-0.4, -0.2) is 25.0 Å². The van der Waals surface area contributed by atoms with Crippen molar-refractivity contribution in [3.8, 4) is 11.1 Å². The van der Waals surface area contributed by atoms with E-state index in [1.54, 1.807) is 6.08 Å². The highest BCUT2D eigenvalue weighted by molar-refractivity contribution is 6.13. The van der Waals surface area contributed by atoms with Crippen LogP contribution in [0.1, 0.15) is 25.0 Å². The number of anilines is 1. The second-order valence-electron chi connectivity index (χ2n) is 7.04. The summed E-state index contributed by atoms with van der Waals surface area (Å²) in [6.07, 6.45) is 1.76. The van der Waals surface area contributed by atoms with Gasteiger partial charge in [-0.05, 0) is 60.9 Å². The summed E-state index contributed by atoms with van der Waals surface area (Å²) < 4.78 is 5.41. The standard InChI is InChI=1S/C26H24N2O2/c1-3-28(4-2)23-16-10-19(11-17-23)18-24-26(29)30-25(27-24)22-14-12-21(13-15-22)20-8-6-5-7-9-20/h5-18H,3-4H2,1-2H3/b24-18-. The van der Waals surface area contributed by atoms with Gasteiger partial charge in [0.2, 0.25) is 5.90 Å². The Hall–Kier alpha value is -3.66. The maximum atomic E-state index is 12.3. The normalized spacial score (nSPS) is 14.5. The number of ether oxygens (including phenoxy) is 1. The van der Waals surface area contributed by atoms with Crippen LogP contribution in [0.4, 0.5) is 5.69 Å². The van der Waals surface area contributed by atoms with Crippen molar-refractivity contribution >= 4 is 23.6 Å². The first-order valence-electron chi connectivity index (χ1n) is 10.2. The van der Waals surface area contributed by atoms with Crippen LogP contribution >= 0.6 is 0 Å². The van der Waals surface area contributed by atoms with Gasteiger partial charge in [-0.25, -0.2) is 9.79 Å². The number of rotatable bonds is 6. The van der Waals surface area contributed by atoms with Gasteiger partial charge in [0, 0.05) is 24.3 Å². The molecule has 0 spiro atoms. The Morgan fingerprint density at radius 1 is 0.800 bits per heavy atom. The summed E-state index contributed by atoms with van der Waals surface area (Å²) in [6.45, 7) is 6.19. The van der Waals surface area contributed by atoms with Gasteiger partial charge in [0.25, 0.3) is 0 Å². The SMILES string of the molecule is CCN(CC)c1ccc(/C=C2\N=C(c3ccc(-c4ccccc4)cc3)OC2=O)cc1. The molecule has 0 unspecified atom stereocenters. The van der Waals surface area contributed by atoms with Crippen LogP contribution in [0.3, 0.4) is 0 Å². The van der Waals surface area contributed by atoms with Gasteiger partial charge in [-0.2, -0.15) is 0 Å². The van der Waals surface area contributed by atoms with Crippen molar-refractivity contribution in [2.24, 2.45) is 4.99 Å². The van der Waals surface area contributed by atoms with E-state index < -0.39 is 5.97 Å². The molecule has 0 fully saturated rings. The average Bonchev–Trinajstić information content (AvgIpc) is 3.16. The van der Waals surface area contributed by atoms with Crippen molar-refractivity contribution < 1.29 is 9.53 Å². The number of esters is 1. The van der Waals surface area contributed by atoms with Crippen molar-refractivity contribution in [2.45, 2.75) is 13.8 Å². The van der Waals surface area contributed by atoms with E-state index in [0.29, 0.717) is 11.6 Å². The zero-order valence-electron chi connectivity index (χ0n) is 17.2. The lowest BCUT2D eigenvalue weighted by Crippen LogP contribution is -2.21. The molecule has 0 N–H and O–H groups in total. The smallest absolute Gasteiger partial charge is 0.363 e. The third-order valence-electron chi connectivity index (χ3n) is 5.18. The second kappa shape index (κ2) is 8.78. The molecule has 0 atom stereocenters. The van der Waals surface area contributed by atoms with Gasteiger partial charge in [-0.1, -0.05) is 54.6 Å². The maximum Gasteiger partial charge on any atom is 0.363 e. The summed E-state index contributed by atoms with van der Waals surface area (Å²) >= 11 is 0.